The number of nitrogens with one attached hydrogen (secondary N) is 1. The third-order valence-electron chi connectivity index (χ3n) is 12.9. The number of primary amides is 2. The summed E-state index contributed by atoms with van der Waals surface area (Å²) in [5.74, 6) is -0.740. The molecule has 3 amide bonds. The molecular weight excluding hydrogens is 903 g/mol. The highest BCUT2D eigenvalue weighted by molar-refractivity contribution is 5.79. The lowest BCUT2D eigenvalue weighted by atomic mass is 9.89. The third kappa shape index (κ3) is 42.1. The van der Waals surface area contributed by atoms with Crippen molar-refractivity contribution >= 4 is 17.7 Å². The molecule has 1 rings (SSSR count). The molecule has 0 saturated carbocycles. The highest BCUT2D eigenvalue weighted by Gasteiger charge is 2.32. The molecular formula is C65H101N3O5. The van der Waals surface area contributed by atoms with Gasteiger partial charge in [0.15, 0.2) is 0 Å². The van der Waals surface area contributed by atoms with Crippen molar-refractivity contribution in [3.05, 3.63) is 157 Å². The normalized spacial score (nSPS) is 13.2. The molecule has 0 bridgehead atoms. The van der Waals surface area contributed by atoms with Gasteiger partial charge in [-0.15, -0.1) is 0 Å². The molecule has 0 unspecified atom stereocenters. The fraction of sp³-hybridized carbons (Fsp3) is 0.554. The van der Waals surface area contributed by atoms with Crippen molar-refractivity contribution in [3.63, 3.8) is 0 Å². The summed E-state index contributed by atoms with van der Waals surface area (Å²) in [6, 6.07) is 8.73. The third-order valence-corrected chi connectivity index (χ3v) is 12.9. The largest absolute Gasteiger partial charge is 0.394 e. The summed E-state index contributed by atoms with van der Waals surface area (Å²) in [6.07, 6.45) is 72.6. The predicted molar refractivity (Wildman–Crippen MR) is 312 cm³/mol. The number of aliphatic hydroxyl groups is 2. The van der Waals surface area contributed by atoms with Gasteiger partial charge in [0.2, 0.25) is 17.7 Å². The zero-order chi connectivity index (χ0) is 53.0. The number of hydrogen-bond donors (Lipinski definition) is 5. The van der Waals surface area contributed by atoms with Crippen LogP contribution in [0.15, 0.2) is 146 Å². The van der Waals surface area contributed by atoms with Crippen LogP contribution in [0.25, 0.3) is 0 Å². The highest BCUT2D eigenvalue weighted by atomic mass is 16.3. The Morgan fingerprint density at radius 1 is 0.452 bits per heavy atom. The van der Waals surface area contributed by atoms with Crippen molar-refractivity contribution in [2.75, 3.05) is 13.2 Å². The number of hydrogen-bond acceptors (Lipinski definition) is 5. The van der Waals surface area contributed by atoms with Crippen LogP contribution in [-0.2, 0) is 27.2 Å². The van der Waals surface area contributed by atoms with Gasteiger partial charge in [0.1, 0.15) is 0 Å². The van der Waals surface area contributed by atoms with Crippen LogP contribution >= 0.6 is 0 Å². The number of allylic oxidation sites excluding steroid dienone is 20. The van der Waals surface area contributed by atoms with Crippen LogP contribution in [0, 0.1) is 5.92 Å². The Morgan fingerprint density at radius 2 is 0.808 bits per heavy atom. The molecule has 0 fully saturated rings. The molecule has 0 aliphatic carbocycles. The first-order chi connectivity index (χ1) is 35.7. The van der Waals surface area contributed by atoms with Crippen LogP contribution in [-0.4, -0.2) is 46.7 Å². The molecule has 0 spiro atoms. The predicted octanol–water partition coefficient (Wildman–Crippen LogP) is 15.1. The Bertz CT molecular complexity index is 1830. The maximum atomic E-state index is 14.0. The van der Waals surface area contributed by atoms with Gasteiger partial charge in [0.05, 0.1) is 18.8 Å². The standard InChI is InChI=1S/C65H101N3O5/c1-2-3-4-5-36-41-46-59-51-53-60(54-52-59)55-56-65(57-69,58-70)68-64(73)61(48-43-38-33-29-25-21-17-13-11-15-19-23-27-31-35-40-45-50-63(67)72)47-42-37-32-28-24-20-16-12-9-7-6-8-10-14-18-22-26-30-34-39-44-49-62(66)71/h7-11,13,16,18-23,25,30-31,33-35,38,51-54,61,69-70H,2-6,12,14-15,17,24,26-29,32,36-37,39-50,55-58H2,1H3,(H2,66,71)(H2,67,72)(H,68,73)/t61-/m0/s1. The Morgan fingerprint density at radius 3 is 1.23 bits per heavy atom. The molecule has 0 aromatic heterocycles. The Hall–Kier alpha value is -5.05. The summed E-state index contributed by atoms with van der Waals surface area (Å²) in [4.78, 5) is 35.6. The Kier molecular flexibility index (Phi) is 44.4. The van der Waals surface area contributed by atoms with E-state index in [1.165, 1.54) is 44.1 Å². The van der Waals surface area contributed by atoms with E-state index in [1.54, 1.807) is 0 Å². The Labute approximate surface area is 444 Å². The van der Waals surface area contributed by atoms with Crippen molar-refractivity contribution in [2.24, 2.45) is 17.4 Å². The van der Waals surface area contributed by atoms with Gasteiger partial charge in [-0.25, -0.2) is 0 Å². The minimum Gasteiger partial charge on any atom is -0.394 e. The van der Waals surface area contributed by atoms with Crippen molar-refractivity contribution in [3.8, 4) is 0 Å². The fourth-order valence-electron chi connectivity index (χ4n) is 8.22. The minimum atomic E-state index is -1.07. The molecule has 0 saturated heterocycles. The fourth-order valence-corrected chi connectivity index (χ4v) is 8.22. The van der Waals surface area contributed by atoms with Crippen LogP contribution < -0.4 is 16.8 Å². The smallest absolute Gasteiger partial charge is 0.223 e. The quantitative estimate of drug-likeness (QED) is 0.0325. The lowest BCUT2D eigenvalue weighted by Crippen LogP contribution is -2.56. The number of nitrogens with two attached hydrogens (primary N) is 2. The maximum Gasteiger partial charge on any atom is 0.223 e. The number of rotatable bonds is 48. The summed E-state index contributed by atoms with van der Waals surface area (Å²) in [5, 5.41) is 24.3. The first-order valence-corrected chi connectivity index (χ1v) is 28.4. The molecule has 8 heteroatoms. The Balaban J connectivity index is 2.60. The van der Waals surface area contributed by atoms with E-state index in [0.717, 1.165) is 140 Å². The van der Waals surface area contributed by atoms with Crippen molar-refractivity contribution < 1.29 is 24.6 Å². The molecule has 1 aromatic carbocycles. The highest BCUT2D eigenvalue weighted by Crippen LogP contribution is 2.22. The number of amides is 3. The number of aliphatic hydroxyl groups excluding tert-OH is 2. The number of aryl methyl sites for hydroxylation is 2. The summed E-state index contributed by atoms with van der Waals surface area (Å²) < 4.78 is 0. The van der Waals surface area contributed by atoms with Crippen LogP contribution in [0.1, 0.15) is 204 Å². The van der Waals surface area contributed by atoms with Gasteiger partial charge in [0.25, 0.3) is 0 Å². The van der Waals surface area contributed by atoms with Gasteiger partial charge in [-0.2, -0.15) is 0 Å². The van der Waals surface area contributed by atoms with Crippen LogP contribution in [0.4, 0.5) is 0 Å². The lowest BCUT2D eigenvalue weighted by Gasteiger charge is -2.33. The van der Waals surface area contributed by atoms with Gasteiger partial charge in [0, 0.05) is 18.8 Å². The molecule has 73 heavy (non-hydrogen) atoms. The molecule has 8 nitrogen and oxygen atoms in total. The van der Waals surface area contributed by atoms with E-state index in [2.05, 4.69) is 158 Å². The average Bonchev–Trinajstić information content (AvgIpc) is 3.38. The first kappa shape index (κ1) is 66.0. The summed E-state index contributed by atoms with van der Waals surface area (Å²) in [6.45, 7) is 1.63. The maximum absolute atomic E-state index is 14.0. The van der Waals surface area contributed by atoms with E-state index < -0.39 is 5.54 Å². The van der Waals surface area contributed by atoms with E-state index in [1.807, 2.05) is 0 Å². The molecule has 406 valence electrons. The average molecular weight is 1000 g/mol. The van der Waals surface area contributed by atoms with Crippen molar-refractivity contribution in [1.29, 1.82) is 0 Å². The monoisotopic (exact) mass is 1000 g/mol. The summed E-state index contributed by atoms with van der Waals surface area (Å²) in [5.41, 5.74) is 11.8. The van der Waals surface area contributed by atoms with E-state index in [0.29, 0.717) is 25.7 Å². The van der Waals surface area contributed by atoms with Gasteiger partial charge in [-0.05, 0) is 146 Å². The van der Waals surface area contributed by atoms with Gasteiger partial charge >= 0.3 is 0 Å². The second kappa shape index (κ2) is 49.2. The van der Waals surface area contributed by atoms with E-state index >= 15 is 0 Å². The lowest BCUT2D eigenvalue weighted by molar-refractivity contribution is -0.129. The summed E-state index contributed by atoms with van der Waals surface area (Å²) >= 11 is 0. The van der Waals surface area contributed by atoms with E-state index in [-0.39, 0.29) is 36.9 Å². The zero-order valence-corrected chi connectivity index (χ0v) is 45.5. The second-order valence-corrected chi connectivity index (χ2v) is 19.5. The molecule has 1 atom stereocenters. The zero-order valence-electron chi connectivity index (χ0n) is 45.5. The molecule has 1 aromatic rings. The van der Waals surface area contributed by atoms with Gasteiger partial charge in [-0.1, -0.05) is 204 Å². The summed E-state index contributed by atoms with van der Waals surface area (Å²) in [7, 11) is 0. The van der Waals surface area contributed by atoms with Gasteiger partial charge in [-0.3, -0.25) is 14.4 Å². The number of unbranched alkanes of at least 4 members (excludes halogenated alkanes) is 11. The van der Waals surface area contributed by atoms with Crippen LogP contribution in [0.5, 0.6) is 0 Å². The van der Waals surface area contributed by atoms with Crippen LogP contribution in [0.3, 0.4) is 0 Å². The second-order valence-electron chi connectivity index (χ2n) is 19.5. The minimum absolute atomic E-state index is 0.0699. The number of carbonyl (C=O) groups is 3. The van der Waals surface area contributed by atoms with E-state index in [4.69, 9.17) is 11.5 Å². The molecule has 0 aliphatic heterocycles. The molecule has 0 heterocycles. The topological polar surface area (TPSA) is 156 Å². The number of carbonyl (C=O) groups excluding carboxylic acids is 3. The number of benzene rings is 1. The van der Waals surface area contributed by atoms with E-state index in [9.17, 15) is 24.6 Å². The molecule has 0 radical (unpaired) electrons. The molecule has 0 aliphatic rings. The van der Waals surface area contributed by atoms with Crippen molar-refractivity contribution in [2.45, 2.75) is 212 Å². The molecule has 7 N–H and O–H groups in total. The SMILES string of the molecule is CCCCCCCCc1ccc(CCC(CO)(CO)NC(=O)[C@H](CCC=CCC=CCC=CCC=CCC=CCCCC(N)=O)CCCCCCC=CCC=CCC=CCC=CCC=CCCCC(N)=O)cc1. The van der Waals surface area contributed by atoms with Crippen LogP contribution in [0.2, 0.25) is 0 Å². The van der Waals surface area contributed by atoms with Gasteiger partial charge < -0.3 is 27.0 Å². The van der Waals surface area contributed by atoms with Crippen molar-refractivity contribution in [1.82, 2.24) is 5.32 Å². The first-order valence-electron chi connectivity index (χ1n) is 28.4.